The van der Waals surface area contributed by atoms with Gasteiger partial charge < -0.3 is 10.1 Å². The van der Waals surface area contributed by atoms with Gasteiger partial charge >= 0.3 is 0 Å². The number of benzene rings is 1. The monoisotopic (exact) mass is 275 g/mol. The number of hydrogen-bond donors (Lipinski definition) is 1. The van der Waals surface area contributed by atoms with Crippen molar-refractivity contribution in [3.63, 3.8) is 0 Å². The minimum absolute atomic E-state index is 0.237. The fourth-order valence-corrected chi connectivity index (χ4v) is 2.04. The van der Waals surface area contributed by atoms with Gasteiger partial charge in [0.25, 0.3) is 0 Å². The summed E-state index contributed by atoms with van der Waals surface area (Å²) in [5.41, 5.74) is 0.573. The van der Waals surface area contributed by atoms with E-state index in [4.69, 9.17) is 4.74 Å². The second kappa shape index (κ2) is 5.63. The molecule has 5 heteroatoms. The smallest absolute Gasteiger partial charge is 0.165 e. The molecule has 0 aliphatic heterocycles. The van der Waals surface area contributed by atoms with Crippen LogP contribution in [0.2, 0.25) is 0 Å². The number of halogens is 1. The molecule has 0 spiro atoms. The van der Waals surface area contributed by atoms with Gasteiger partial charge in [-0.3, -0.25) is 4.68 Å². The molecule has 0 unspecified atom stereocenters. The number of nitrogens with one attached hydrogen (secondary N) is 1. The average molecular weight is 275 g/mol. The fraction of sp³-hybridized carbons (Fsp3) is 0.400. The van der Waals surface area contributed by atoms with Crippen LogP contribution >= 0.6 is 0 Å². The van der Waals surface area contributed by atoms with E-state index in [1.165, 1.54) is 18.9 Å². The van der Waals surface area contributed by atoms with Gasteiger partial charge in [-0.1, -0.05) is 6.07 Å². The third-order valence-electron chi connectivity index (χ3n) is 3.38. The predicted molar refractivity (Wildman–Crippen MR) is 74.2 cm³/mol. The van der Waals surface area contributed by atoms with E-state index in [0.717, 1.165) is 6.54 Å². The van der Waals surface area contributed by atoms with Gasteiger partial charge in [0.15, 0.2) is 5.75 Å². The van der Waals surface area contributed by atoms with E-state index in [9.17, 15) is 4.39 Å². The van der Waals surface area contributed by atoms with Gasteiger partial charge in [0.1, 0.15) is 11.6 Å². The van der Waals surface area contributed by atoms with Crippen molar-refractivity contribution < 1.29 is 9.13 Å². The molecule has 0 bridgehead atoms. The molecule has 106 valence electrons. The number of hydrogen-bond acceptors (Lipinski definition) is 3. The molecule has 0 amide bonds. The summed E-state index contributed by atoms with van der Waals surface area (Å²) in [7, 11) is 0. The van der Waals surface area contributed by atoms with Crippen LogP contribution in [0.4, 0.5) is 4.39 Å². The van der Waals surface area contributed by atoms with E-state index in [2.05, 4.69) is 10.4 Å². The van der Waals surface area contributed by atoms with E-state index in [-0.39, 0.29) is 5.82 Å². The molecular formula is C15H18FN3O. The average Bonchev–Trinajstić information content (AvgIpc) is 3.16. The third kappa shape index (κ3) is 2.99. The van der Waals surface area contributed by atoms with Gasteiger partial charge in [-0.2, -0.15) is 5.10 Å². The van der Waals surface area contributed by atoms with Crippen LogP contribution in [0.15, 0.2) is 30.6 Å². The predicted octanol–water partition coefficient (Wildman–Crippen LogP) is 3.09. The van der Waals surface area contributed by atoms with Crippen molar-refractivity contribution >= 4 is 0 Å². The first-order valence-electron chi connectivity index (χ1n) is 6.97. The van der Waals surface area contributed by atoms with Gasteiger partial charge in [0, 0.05) is 24.7 Å². The second-order valence-electron chi connectivity index (χ2n) is 5.01. The summed E-state index contributed by atoms with van der Waals surface area (Å²) in [6.07, 6.45) is 5.80. The highest BCUT2D eigenvalue weighted by molar-refractivity contribution is 5.37. The minimum atomic E-state index is -0.237. The Morgan fingerprint density at radius 2 is 2.30 bits per heavy atom. The van der Waals surface area contributed by atoms with Crippen molar-refractivity contribution in [2.75, 3.05) is 0 Å². The zero-order valence-corrected chi connectivity index (χ0v) is 11.5. The lowest BCUT2D eigenvalue weighted by Crippen LogP contribution is -2.16. The van der Waals surface area contributed by atoms with Crippen LogP contribution < -0.4 is 10.1 Å². The minimum Gasteiger partial charge on any atom is -0.454 e. The topological polar surface area (TPSA) is 39.1 Å². The second-order valence-corrected chi connectivity index (χ2v) is 5.01. The molecule has 0 atom stereocenters. The molecule has 1 saturated carbocycles. The Kier molecular flexibility index (Phi) is 3.69. The maximum atomic E-state index is 14.0. The number of rotatable bonds is 6. The summed E-state index contributed by atoms with van der Waals surface area (Å²) in [5, 5.41) is 7.46. The van der Waals surface area contributed by atoms with Crippen molar-refractivity contribution in [1.82, 2.24) is 15.1 Å². The largest absolute Gasteiger partial charge is 0.454 e. The highest BCUT2D eigenvalue weighted by Crippen LogP contribution is 2.28. The van der Waals surface area contributed by atoms with Crippen molar-refractivity contribution in [3.05, 3.63) is 42.0 Å². The van der Waals surface area contributed by atoms with Crippen LogP contribution in [0.5, 0.6) is 11.5 Å². The molecule has 1 aromatic heterocycles. The lowest BCUT2D eigenvalue weighted by atomic mass is 10.2. The van der Waals surface area contributed by atoms with Gasteiger partial charge in [0.2, 0.25) is 0 Å². The molecule has 0 saturated heterocycles. The zero-order chi connectivity index (χ0) is 13.9. The molecule has 1 fully saturated rings. The molecule has 3 rings (SSSR count). The number of ether oxygens (including phenoxy) is 1. The Bertz CT molecular complexity index is 593. The maximum Gasteiger partial charge on any atom is 0.165 e. The summed E-state index contributed by atoms with van der Waals surface area (Å²) < 4.78 is 21.5. The standard InChI is InChI=1S/C15H18FN3O/c1-2-19-10-12(8-18-19)20-15-5-3-4-14(16)13(15)9-17-11-6-7-11/h3-5,8,10-11,17H,2,6-7,9H2,1H3. The van der Waals surface area contributed by atoms with Crippen LogP contribution in [0.3, 0.4) is 0 Å². The Labute approximate surface area is 117 Å². The Balaban J connectivity index is 1.78. The van der Waals surface area contributed by atoms with Crippen molar-refractivity contribution in [2.24, 2.45) is 0 Å². The van der Waals surface area contributed by atoms with Crippen LogP contribution in [0, 0.1) is 5.82 Å². The summed E-state index contributed by atoms with van der Waals surface area (Å²) in [5.74, 6) is 0.942. The van der Waals surface area contributed by atoms with Gasteiger partial charge in [0.05, 0.1) is 12.4 Å². The SMILES string of the molecule is CCn1cc(Oc2cccc(F)c2CNC2CC2)cn1. The Hall–Kier alpha value is -1.88. The van der Waals surface area contributed by atoms with Gasteiger partial charge in [-0.15, -0.1) is 0 Å². The van der Waals surface area contributed by atoms with E-state index >= 15 is 0 Å². The lowest BCUT2D eigenvalue weighted by molar-refractivity contribution is 0.460. The molecule has 1 aliphatic rings. The van der Waals surface area contributed by atoms with E-state index in [1.807, 2.05) is 13.1 Å². The van der Waals surface area contributed by atoms with Crippen LogP contribution in [0.1, 0.15) is 25.3 Å². The fourth-order valence-electron chi connectivity index (χ4n) is 2.04. The Morgan fingerprint density at radius 1 is 1.45 bits per heavy atom. The summed E-state index contributed by atoms with van der Waals surface area (Å²) in [6, 6.07) is 5.45. The lowest BCUT2D eigenvalue weighted by Gasteiger charge is -2.11. The van der Waals surface area contributed by atoms with E-state index in [1.54, 1.807) is 23.0 Å². The number of aryl methyl sites for hydroxylation is 1. The van der Waals surface area contributed by atoms with Gasteiger partial charge in [-0.25, -0.2) is 4.39 Å². The molecule has 0 radical (unpaired) electrons. The zero-order valence-electron chi connectivity index (χ0n) is 11.5. The highest BCUT2D eigenvalue weighted by atomic mass is 19.1. The molecule has 2 aromatic rings. The van der Waals surface area contributed by atoms with Crippen molar-refractivity contribution in [1.29, 1.82) is 0 Å². The van der Waals surface area contributed by atoms with Gasteiger partial charge in [-0.05, 0) is 31.9 Å². The van der Waals surface area contributed by atoms with Crippen molar-refractivity contribution in [3.8, 4) is 11.5 Å². The molecule has 20 heavy (non-hydrogen) atoms. The summed E-state index contributed by atoms with van der Waals surface area (Å²) >= 11 is 0. The Morgan fingerprint density at radius 3 is 3.00 bits per heavy atom. The molecule has 1 heterocycles. The van der Waals surface area contributed by atoms with E-state index in [0.29, 0.717) is 29.6 Å². The molecular weight excluding hydrogens is 257 g/mol. The highest BCUT2D eigenvalue weighted by Gasteiger charge is 2.21. The first-order valence-corrected chi connectivity index (χ1v) is 6.97. The quantitative estimate of drug-likeness (QED) is 0.880. The summed E-state index contributed by atoms with van der Waals surface area (Å²) in [6.45, 7) is 3.28. The third-order valence-corrected chi connectivity index (χ3v) is 3.38. The molecule has 1 aliphatic carbocycles. The summed E-state index contributed by atoms with van der Waals surface area (Å²) in [4.78, 5) is 0. The van der Waals surface area contributed by atoms with E-state index < -0.39 is 0 Å². The first kappa shape index (κ1) is 13.1. The van der Waals surface area contributed by atoms with Crippen LogP contribution in [-0.4, -0.2) is 15.8 Å². The maximum absolute atomic E-state index is 14.0. The first-order chi connectivity index (χ1) is 9.76. The van der Waals surface area contributed by atoms with Crippen LogP contribution in [0.25, 0.3) is 0 Å². The number of nitrogens with zero attached hydrogens (tertiary/aromatic N) is 2. The normalized spacial score (nSPS) is 14.5. The molecule has 1 aromatic carbocycles. The molecule has 1 N–H and O–H groups in total. The molecule has 4 nitrogen and oxygen atoms in total. The number of aromatic nitrogens is 2. The van der Waals surface area contributed by atoms with Crippen molar-refractivity contribution in [2.45, 2.75) is 38.9 Å². The van der Waals surface area contributed by atoms with Crippen LogP contribution in [-0.2, 0) is 13.1 Å².